The molecule has 0 spiro atoms. The van der Waals surface area contributed by atoms with Crippen LogP contribution in [-0.4, -0.2) is 46.6 Å². The zero-order valence-electron chi connectivity index (χ0n) is 14.8. The summed E-state index contributed by atoms with van der Waals surface area (Å²) in [6, 6.07) is 7.95. The molecule has 0 radical (unpaired) electrons. The van der Waals surface area contributed by atoms with Crippen molar-refractivity contribution in [2.75, 3.05) is 20.6 Å². The molecule has 26 heavy (non-hydrogen) atoms. The average molecular weight is 371 g/mol. The molecule has 3 aromatic heterocycles. The first-order valence-corrected chi connectivity index (χ1v) is 9.21. The Labute approximate surface area is 156 Å². The van der Waals surface area contributed by atoms with Gasteiger partial charge in [0.15, 0.2) is 0 Å². The lowest BCUT2D eigenvalue weighted by molar-refractivity contribution is -0.121. The highest BCUT2D eigenvalue weighted by Crippen LogP contribution is 2.22. The van der Waals surface area contributed by atoms with Gasteiger partial charge in [-0.1, -0.05) is 11.2 Å². The van der Waals surface area contributed by atoms with E-state index in [4.69, 9.17) is 4.52 Å². The van der Waals surface area contributed by atoms with E-state index in [1.54, 1.807) is 23.7 Å². The molecule has 0 unspecified atom stereocenters. The summed E-state index contributed by atoms with van der Waals surface area (Å²) >= 11 is 1.69. The Hall–Kier alpha value is -2.58. The van der Waals surface area contributed by atoms with Crippen LogP contribution in [0.3, 0.4) is 0 Å². The summed E-state index contributed by atoms with van der Waals surface area (Å²) in [5.74, 6) is 0.898. The Kier molecular flexibility index (Phi) is 6.08. The van der Waals surface area contributed by atoms with Crippen molar-refractivity contribution in [2.24, 2.45) is 0 Å². The second kappa shape index (κ2) is 8.68. The molecule has 0 fully saturated rings. The van der Waals surface area contributed by atoms with Crippen LogP contribution in [0.15, 0.2) is 46.6 Å². The highest BCUT2D eigenvalue weighted by Gasteiger charge is 2.17. The first kappa shape index (κ1) is 18.2. The maximum absolute atomic E-state index is 12.2. The number of nitrogens with zero attached hydrogens (tertiary/aromatic N) is 4. The smallest absolute Gasteiger partial charge is 0.227 e. The molecular weight excluding hydrogens is 350 g/mol. The molecule has 1 N–H and O–H groups in total. The largest absolute Gasteiger partial charge is 0.354 e. The third kappa shape index (κ3) is 4.74. The van der Waals surface area contributed by atoms with Crippen molar-refractivity contribution >= 4 is 17.2 Å². The van der Waals surface area contributed by atoms with Crippen LogP contribution < -0.4 is 5.32 Å². The Morgan fingerprint density at radius 1 is 1.35 bits per heavy atom. The van der Waals surface area contributed by atoms with E-state index in [0.717, 1.165) is 5.56 Å². The quantitative estimate of drug-likeness (QED) is 0.655. The maximum Gasteiger partial charge on any atom is 0.227 e. The molecule has 0 aliphatic heterocycles. The molecule has 1 atom stereocenters. The highest BCUT2D eigenvalue weighted by molar-refractivity contribution is 7.10. The lowest BCUT2D eigenvalue weighted by atomic mass is 10.2. The molecule has 0 saturated heterocycles. The number of pyridine rings is 1. The number of carbonyl (C=O) groups excluding carboxylic acids is 1. The van der Waals surface area contributed by atoms with Crippen LogP contribution in [0.1, 0.15) is 23.2 Å². The monoisotopic (exact) mass is 371 g/mol. The van der Waals surface area contributed by atoms with E-state index in [1.807, 2.05) is 37.7 Å². The minimum Gasteiger partial charge on any atom is -0.354 e. The minimum absolute atomic E-state index is 0.0328. The van der Waals surface area contributed by atoms with Gasteiger partial charge in [-0.25, -0.2) is 0 Å². The number of carbonyl (C=O) groups is 1. The van der Waals surface area contributed by atoms with Crippen LogP contribution in [0, 0.1) is 0 Å². The third-order valence-corrected chi connectivity index (χ3v) is 4.91. The van der Waals surface area contributed by atoms with Crippen molar-refractivity contribution in [1.29, 1.82) is 0 Å². The number of amides is 1. The van der Waals surface area contributed by atoms with Gasteiger partial charge >= 0.3 is 0 Å². The molecule has 8 heteroatoms. The molecule has 0 aliphatic rings. The van der Waals surface area contributed by atoms with E-state index >= 15 is 0 Å². The van der Waals surface area contributed by atoms with Crippen LogP contribution in [0.2, 0.25) is 0 Å². The molecule has 0 bridgehead atoms. The molecule has 0 saturated carbocycles. The van der Waals surface area contributed by atoms with Gasteiger partial charge in [-0.3, -0.25) is 9.78 Å². The van der Waals surface area contributed by atoms with Crippen LogP contribution >= 0.6 is 11.3 Å². The van der Waals surface area contributed by atoms with E-state index in [1.165, 1.54) is 4.88 Å². The maximum atomic E-state index is 12.2. The second-order valence-corrected chi connectivity index (χ2v) is 7.03. The van der Waals surface area contributed by atoms with Gasteiger partial charge in [-0.15, -0.1) is 11.3 Å². The van der Waals surface area contributed by atoms with Gasteiger partial charge in [0.1, 0.15) is 0 Å². The standard InChI is InChI=1S/C18H21N5O2S/c1-23(2)14(15-6-4-10-26-15)12-20-16(24)7-8-17-21-18(22-25-17)13-5-3-9-19-11-13/h3-6,9-11,14H,7-8,12H2,1-2H3,(H,20,24)/t14-/m0/s1. The minimum atomic E-state index is -0.0328. The number of aryl methyl sites for hydroxylation is 1. The van der Waals surface area contributed by atoms with Crippen molar-refractivity contribution in [3.63, 3.8) is 0 Å². The van der Waals surface area contributed by atoms with E-state index in [0.29, 0.717) is 31.1 Å². The first-order chi connectivity index (χ1) is 12.6. The Morgan fingerprint density at radius 2 is 2.23 bits per heavy atom. The number of thiophene rings is 1. The summed E-state index contributed by atoms with van der Waals surface area (Å²) in [4.78, 5) is 23.8. The fourth-order valence-corrected chi connectivity index (χ4v) is 3.43. The van der Waals surface area contributed by atoms with Crippen molar-refractivity contribution in [1.82, 2.24) is 25.3 Å². The molecule has 1 amide bonds. The molecule has 0 aliphatic carbocycles. The van der Waals surface area contributed by atoms with Crippen LogP contribution in [0.25, 0.3) is 11.4 Å². The fourth-order valence-electron chi connectivity index (χ4n) is 2.51. The number of likely N-dealkylation sites (N-methyl/N-ethyl adjacent to an activating group) is 1. The number of nitrogens with one attached hydrogen (secondary N) is 1. The first-order valence-electron chi connectivity index (χ1n) is 8.33. The zero-order chi connectivity index (χ0) is 18.4. The summed E-state index contributed by atoms with van der Waals surface area (Å²) in [6.07, 6.45) is 4.07. The van der Waals surface area contributed by atoms with E-state index in [-0.39, 0.29) is 11.9 Å². The molecule has 7 nitrogen and oxygen atoms in total. The second-order valence-electron chi connectivity index (χ2n) is 6.05. The molecule has 136 valence electrons. The SMILES string of the molecule is CN(C)[C@@H](CNC(=O)CCc1nc(-c2cccnc2)no1)c1cccs1. The van der Waals surface area contributed by atoms with Gasteiger partial charge in [0.05, 0.1) is 6.04 Å². The molecule has 0 aromatic carbocycles. The van der Waals surface area contributed by atoms with Gasteiger partial charge in [0.2, 0.25) is 17.6 Å². The summed E-state index contributed by atoms with van der Waals surface area (Å²) in [7, 11) is 4.02. The van der Waals surface area contributed by atoms with Gasteiger partial charge < -0.3 is 14.7 Å². The third-order valence-electron chi connectivity index (χ3n) is 3.94. The summed E-state index contributed by atoms with van der Waals surface area (Å²) in [5.41, 5.74) is 0.789. The normalized spacial score (nSPS) is 12.3. The van der Waals surface area contributed by atoms with Gasteiger partial charge in [0, 0.05) is 42.2 Å². The predicted molar refractivity (Wildman–Crippen MR) is 99.6 cm³/mol. The van der Waals surface area contributed by atoms with Gasteiger partial charge in [-0.2, -0.15) is 4.98 Å². The molecular formula is C18H21N5O2S. The Balaban J connectivity index is 1.49. The van der Waals surface area contributed by atoms with Crippen molar-refractivity contribution in [3.05, 3.63) is 52.8 Å². The predicted octanol–water partition coefficient (Wildman–Crippen LogP) is 2.54. The highest BCUT2D eigenvalue weighted by atomic mass is 32.1. The molecule has 3 aromatic rings. The number of aromatic nitrogens is 3. The number of rotatable bonds is 8. The van der Waals surface area contributed by atoms with Gasteiger partial charge in [0.25, 0.3) is 0 Å². The molecule has 3 rings (SSSR count). The number of hydrogen-bond acceptors (Lipinski definition) is 7. The summed E-state index contributed by atoms with van der Waals surface area (Å²) in [6.45, 7) is 0.567. The summed E-state index contributed by atoms with van der Waals surface area (Å²) < 4.78 is 5.22. The van der Waals surface area contributed by atoms with E-state index < -0.39 is 0 Å². The Bertz CT molecular complexity index is 817. The van der Waals surface area contributed by atoms with Crippen molar-refractivity contribution < 1.29 is 9.32 Å². The fraction of sp³-hybridized carbons (Fsp3) is 0.333. The molecule has 3 heterocycles. The number of hydrogen-bond donors (Lipinski definition) is 1. The van der Waals surface area contributed by atoms with Crippen molar-refractivity contribution in [2.45, 2.75) is 18.9 Å². The van der Waals surface area contributed by atoms with Crippen LogP contribution in [-0.2, 0) is 11.2 Å². The van der Waals surface area contributed by atoms with E-state index in [9.17, 15) is 4.79 Å². The zero-order valence-corrected chi connectivity index (χ0v) is 15.6. The van der Waals surface area contributed by atoms with Crippen LogP contribution in [0.4, 0.5) is 0 Å². The van der Waals surface area contributed by atoms with Crippen LogP contribution in [0.5, 0.6) is 0 Å². The lowest BCUT2D eigenvalue weighted by Gasteiger charge is -2.23. The summed E-state index contributed by atoms with van der Waals surface area (Å²) in [5, 5.41) is 8.96. The van der Waals surface area contributed by atoms with Crippen molar-refractivity contribution in [3.8, 4) is 11.4 Å². The van der Waals surface area contributed by atoms with E-state index in [2.05, 4.69) is 31.4 Å². The lowest BCUT2D eigenvalue weighted by Crippen LogP contribution is -2.34. The topological polar surface area (TPSA) is 84.2 Å². The average Bonchev–Trinajstić information content (AvgIpc) is 3.33. The Morgan fingerprint density at radius 3 is 2.92 bits per heavy atom. The van der Waals surface area contributed by atoms with Gasteiger partial charge in [-0.05, 0) is 37.7 Å².